The van der Waals surface area contributed by atoms with Crippen LogP contribution in [0, 0.1) is 5.41 Å². The van der Waals surface area contributed by atoms with Crippen molar-refractivity contribution >= 4 is 21.6 Å². The second kappa shape index (κ2) is 7.13. The van der Waals surface area contributed by atoms with E-state index in [1.807, 2.05) is 45.9 Å². The molecule has 0 unspecified atom stereocenters. The fourth-order valence-electron chi connectivity index (χ4n) is 2.05. The largest absolute Gasteiger partial charge is 0.354 e. The molecule has 0 radical (unpaired) electrons. The molecular weight excluding hydrogens is 300 g/mol. The number of anilines is 1. The number of aryl methyl sites for hydroxylation is 1. The molecule has 0 spiro atoms. The molecular formula is C16H26N2O3S. The first-order valence-corrected chi connectivity index (χ1v) is 9.26. The molecule has 1 rings (SSSR count). The molecule has 5 nitrogen and oxygen atoms in total. The van der Waals surface area contributed by atoms with Gasteiger partial charge in [0, 0.05) is 12.0 Å². The molecule has 0 fully saturated rings. The normalized spacial score (nSPS) is 12.0. The van der Waals surface area contributed by atoms with Crippen LogP contribution >= 0.6 is 0 Å². The summed E-state index contributed by atoms with van der Waals surface area (Å²) in [5.41, 5.74) is 1.16. The standard InChI is InChI=1S/C16H26N2O3S/c1-6-13-9-7-8-10-14(13)18(22(5,20)21)12-11-17-15(19)16(2,3)4/h7-10H,6,11-12H2,1-5H3,(H,17,19). The minimum absolute atomic E-state index is 0.0928. The van der Waals surface area contributed by atoms with Crippen molar-refractivity contribution in [2.75, 3.05) is 23.7 Å². The molecule has 124 valence electrons. The van der Waals surface area contributed by atoms with E-state index < -0.39 is 15.4 Å². The maximum absolute atomic E-state index is 12.1. The number of para-hydroxylation sites is 1. The lowest BCUT2D eigenvalue weighted by molar-refractivity contribution is -0.128. The van der Waals surface area contributed by atoms with Crippen molar-refractivity contribution in [1.29, 1.82) is 0 Å². The molecule has 0 aliphatic rings. The summed E-state index contributed by atoms with van der Waals surface area (Å²) in [6.07, 6.45) is 1.93. The molecule has 0 aliphatic heterocycles. The predicted molar refractivity (Wildman–Crippen MR) is 90.5 cm³/mol. The number of carbonyl (C=O) groups is 1. The lowest BCUT2D eigenvalue weighted by Gasteiger charge is -2.26. The van der Waals surface area contributed by atoms with Gasteiger partial charge in [-0.05, 0) is 18.1 Å². The van der Waals surface area contributed by atoms with Crippen molar-refractivity contribution < 1.29 is 13.2 Å². The number of nitrogens with zero attached hydrogens (tertiary/aromatic N) is 1. The number of benzene rings is 1. The zero-order valence-electron chi connectivity index (χ0n) is 14.0. The minimum Gasteiger partial charge on any atom is -0.354 e. The van der Waals surface area contributed by atoms with Crippen LogP contribution in [0.1, 0.15) is 33.3 Å². The Morgan fingerprint density at radius 2 is 1.82 bits per heavy atom. The van der Waals surface area contributed by atoms with E-state index in [4.69, 9.17) is 0 Å². The van der Waals surface area contributed by atoms with Gasteiger partial charge in [0.15, 0.2) is 0 Å². The third-order valence-electron chi connectivity index (χ3n) is 3.32. The highest BCUT2D eigenvalue weighted by Gasteiger charge is 2.23. The monoisotopic (exact) mass is 326 g/mol. The van der Waals surface area contributed by atoms with Gasteiger partial charge in [-0.25, -0.2) is 8.42 Å². The quantitative estimate of drug-likeness (QED) is 0.871. The van der Waals surface area contributed by atoms with Gasteiger partial charge in [-0.2, -0.15) is 0 Å². The van der Waals surface area contributed by atoms with Gasteiger partial charge in [-0.1, -0.05) is 45.9 Å². The fourth-order valence-corrected chi connectivity index (χ4v) is 3.01. The van der Waals surface area contributed by atoms with E-state index in [1.54, 1.807) is 6.07 Å². The molecule has 0 aromatic heterocycles. The van der Waals surface area contributed by atoms with Crippen molar-refractivity contribution in [3.05, 3.63) is 29.8 Å². The highest BCUT2D eigenvalue weighted by molar-refractivity contribution is 7.92. The highest BCUT2D eigenvalue weighted by atomic mass is 32.2. The molecule has 0 atom stereocenters. The van der Waals surface area contributed by atoms with E-state index in [1.165, 1.54) is 10.6 Å². The number of nitrogens with one attached hydrogen (secondary N) is 1. The van der Waals surface area contributed by atoms with Crippen molar-refractivity contribution in [1.82, 2.24) is 5.32 Å². The van der Waals surface area contributed by atoms with E-state index in [0.29, 0.717) is 5.69 Å². The first-order chi connectivity index (χ1) is 10.1. The van der Waals surface area contributed by atoms with Crippen LogP contribution in [0.25, 0.3) is 0 Å². The zero-order valence-corrected chi connectivity index (χ0v) is 14.8. The van der Waals surface area contributed by atoms with Gasteiger partial charge in [0.1, 0.15) is 0 Å². The summed E-state index contributed by atoms with van der Waals surface area (Å²) in [5.74, 6) is -0.0928. The average molecular weight is 326 g/mol. The van der Waals surface area contributed by atoms with Crippen LogP contribution in [0.5, 0.6) is 0 Å². The number of hydrogen-bond acceptors (Lipinski definition) is 3. The van der Waals surface area contributed by atoms with Crippen molar-refractivity contribution in [3.8, 4) is 0 Å². The second-order valence-corrected chi connectivity index (χ2v) is 8.23. The Bertz CT molecular complexity index is 619. The van der Waals surface area contributed by atoms with Gasteiger partial charge >= 0.3 is 0 Å². The van der Waals surface area contributed by atoms with E-state index >= 15 is 0 Å². The molecule has 22 heavy (non-hydrogen) atoms. The van der Waals surface area contributed by atoms with Crippen LogP contribution in [0.15, 0.2) is 24.3 Å². The first-order valence-electron chi connectivity index (χ1n) is 7.41. The van der Waals surface area contributed by atoms with Crippen LogP contribution in [0.2, 0.25) is 0 Å². The number of rotatable bonds is 6. The molecule has 1 N–H and O–H groups in total. The van der Waals surface area contributed by atoms with Crippen LogP contribution in [-0.4, -0.2) is 33.7 Å². The van der Waals surface area contributed by atoms with Crippen LogP contribution in [0.4, 0.5) is 5.69 Å². The predicted octanol–water partition coefficient (Wildman–Crippen LogP) is 2.18. The molecule has 6 heteroatoms. The Morgan fingerprint density at radius 3 is 2.32 bits per heavy atom. The van der Waals surface area contributed by atoms with Crippen LogP contribution in [0.3, 0.4) is 0 Å². The molecule has 1 aromatic carbocycles. The summed E-state index contributed by atoms with van der Waals surface area (Å²) in [6.45, 7) is 7.95. The van der Waals surface area contributed by atoms with E-state index in [0.717, 1.165) is 12.0 Å². The van der Waals surface area contributed by atoms with Gasteiger partial charge in [0.05, 0.1) is 18.5 Å². The topological polar surface area (TPSA) is 66.5 Å². The molecule has 1 aromatic rings. The summed E-state index contributed by atoms with van der Waals surface area (Å²) >= 11 is 0. The third kappa shape index (κ3) is 5.02. The maximum atomic E-state index is 12.1. The lowest BCUT2D eigenvalue weighted by Crippen LogP contribution is -2.42. The van der Waals surface area contributed by atoms with Crippen molar-refractivity contribution in [3.63, 3.8) is 0 Å². The fraction of sp³-hybridized carbons (Fsp3) is 0.562. The smallest absolute Gasteiger partial charge is 0.232 e. The zero-order chi connectivity index (χ0) is 17.0. The molecule has 0 saturated carbocycles. The summed E-state index contributed by atoms with van der Waals surface area (Å²) in [4.78, 5) is 11.9. The maximum Gasteiger partial charge on any atom is 0.232 e. The highest BCUT2D eigenvalue weighted by Crippen LogP contribution is 2.23. The van der Waals surface area contributed by atoms with Gasteiger partial charge in [0.25, 0.3) is 0 Å². The van der Waals surface area contributed by atoms with Gasteiger partial charge in [-0.3, -0.25) is 9.10 Å². The Morgan fingerprint density at radius 1 is 1.23 bits per heavy atom. The van der Waals surface area contributed by atoms with Gasteiger partial charge in [-0.15, -0.1) is 0 Å². The Kier molecular flexibility index (Phi) is 6.00. The summed E-state index contributed by atoms with van der Waals surface area (Å²) < 4.78 is 25.5. The summed E-state index contributed by atoms with van der Waals surface area (Å²) in [7, 11) is -3.40. The minimum atomic E-state index is -3.40. The molecule has 0 heterocycles. The van der Waals surface area contributed by atoms with E-state index in [-0.39, 0.29) is 19.0 Å². The van der Waals surface area contributed by atoms with Gasteiger partial charge < -0.3 is 5.32 Å². The van der Waals surface area contributed by atoms with E-state index in [9.17, 15) is 13.2 Å². The Hall–Kier alpha value is -1.56. The first kappa shape index (κ1) is 18.5. The second-order valence-electron chi connectivity index (χ2n) is 6.32. The van der Waals surface area contributed by atoms with Crippen molar-refractivity contribution in [2.24, 2.45) is 5.41 Å². The average Bonchev–Trinajstić information content (AvgIpc) is 2.41. The van der Waals surface area contributed by atoms with Crippen molar-refractivity contribution in [2.45, 2.75) is 34.1 Å². The molecule has 0 bridgehead atoms. The molecule has 0 aliphatic carbocycles. The molecule has 1 amide bonds. The molecule has 0 saturated heterocycles. The number of amides is 1. The summed E-state index contributed by atoms with van der Waals surface area (Å²) in [5, 5.41) is 2.79. The number of carbonyl (C=O) groups excluding carboxylic acids is 1. The number of sulfonamides is 1. The van der Waals surface area contributed by atoms with Gasteiger partial charge in [0.2, 0.25) is 15.9 Å². The Labute approximate surface area is 133 Å². The summed E-state index contributed by atoms with van der Waals surface area (Å²) in [6, 6.07) is 7.43. The number of hydrogen-bond donors (Lipinski definition) is 1. The van der Waals surface area contributed by atoms with E-state index in [2.05, 4.69) is 5.32 Å². The Balaban J connectivity index is 2.91. The third-order valence-corrected chi connectivity index (χ3v) is 4.50. The van der Waals surface area contributed by atoms with Crippen LogP contribution < -0.4 is 9.62 Å². The van der Waals surface area contributed by atoms with Crippen LogP contribution in [-0.2, 0) is 21.2 Å². The SMILES string of the molecule is CCc1ccccc1N(CCNC(=O)C(C)(C)C)S(C)(=O)=O. The lowest BCUT2D eigenvalue weighted by atomic mass is 9.96.